The highest BCUT2D eigenvalue weighted by molar-refractivity contribution is 5.87. The first-order valence-electron chi connectivity index (χ1n) is 9.87. The Morgan fingerprint density at radius 3 is 2.39 bits per heavy atom. The molecule has 142 valence electrons. The van der Waals surface area contributed by atoms with Gasteiger partial charge in [-0.3, -0.25) is 0 Å². The lowest BCUT2D eigenvalue weighted by molar-refractivity contribution is -0.131. The molecule has 0 saturated heterocycles. The van der Waals surface area contributed by atoms with Gasteiger partial charge in [0, 0.05) is 23.4 Å². The Balaban J connectivity index is 1.68. The summed E-state index contributed by atoms with van der Waals surface area (Å²) in [6.45, 7) is 0. The lowest BCUT2D eigenvalue weighted by Crippen LogP contribution is -2.04. The van der Waals surface area contributed by atoms with Crippen LogP contribution in [-0.4, -0.2) is 20.9 Å². The van der Waals surface area contributed by atoms with Gasteiger partial charge in [-0.05, 0) is 42.5 Å². The smallest absolute Gasteiger partial charge is 0.328 e. The first kappa shape index (κ1) is 18.2. The van der Waals surface area contributed by atoms with E-state index < -0.39 is 5.97 Å². The van der Waals surface area contributed by atoms with Crippen molar-refractivity contribution in [1.82, 2.24) is 9.78 Å². The number of benzene rings is 2. The van der Waals surface area contributed by atoms with Gasteiger partial charge in [-0.25, -0.2) is 9.48 Å². The molecule has 1 N–H and O–H groups in total. The normalized spacial score (nSPS) is 15.1. The van der Waals surface area contributed by atoms with E-state index in [0.717, 1.165) is 28.6 Å². The number of carboxylic acids is 1. The van der Waals surface area contributed by atoms with Crippen LogP contribution < -0.4 is 0 Å². The molecule has 1 aromatic heterocycles. The van der Waals surface area contributed by atoms with Gasteiger partial charge < -0.3 is 5.11 Å². The van der Waals surface area contributed by atoms with Crippen molar-refractivity contribution in [3.8, 4) is 16.9 Å². The predicted molar refractivity (Wildman–Crippen MR) is 111 cm³/mol. The molecule has 0 bridgehead atoms. The van der Waals surface area contributed by atoms with Gasteiger partial charge in [-0.2, -0.15) is 5.10 Å². The molecule has 1 fully saturated rings. The lowest BCUT2D eigenvalue weighted by Gasteiger charge is -2.22. The molecule has 3 aromatic rings. The summed E-state index contributed by atoms with van der Waals surface area (Å²) in [7, 11) is 0. The summed E-state index contributed by atoms with van der Waals surface area (Å²) in [5, 5.41) is 13.8. The van der Waals surface area contributed by atoms with E-state index in [2.05, 4.69) is 24.3 Å². The van der Waals surface area contributed by atoms with Gasteiger partial charge in [-0.15, -0.1) is 0 Å². The molecular formula is C24H24N2O2. The standard InChI is InChI=1S/C24H24N2O2/c27-23(28)16-15-21-17-26(22-9-5-2-6-10-22)25-24(21)20-13-11-19(12-14-20)18-7-3-1-4-8-18/h2,5-6,9-18H,1,3-4,7-8H2,(H,27,28). The monoisotopic (exact) mass is 372 g/mol. The van der Waals surface area contributed by atoms with Gasteiger partial charge in [0.1, 0.15) is 0 Å². The number of aromatic nitrogens is 2. The van der Waals surface area contributed by atoms with Crippen LogP contribution in [0.5, 0.6) is 0 Å². The largest absolute Gasteiger partial charge is 0.478 e. The Morgan fingerprint density at radius 1 is 1.00 bits per heavy atom. The van der Waals surface area contributed by atoms with Crippen molar-refractivity contribution in [2.45, 2.75) is 38.0 Å². The minimum absolute atomic E-state index is 0.663. The maximum atomic E-state index is 11.0. The van der Waals surface area contributed by atoms with Crippen molar-refractivity contribution in [3.63, 3.8) is 0 Å². The Labute approximate surface area is 165 Å². The van der Waals surface area contributed by atoms with Gasteiger partial charge >= 0.3 is 5.97 Å². The van der Waals surface area contributed by atoms with Crippen LogP contribution in [-0.2, 0) is 4.79 Å². The molecular weight excluding hydrogens is 348 g/mol. The van der Waals surface area contributed by atoms with Crippen LogP contribution in [0.2, 0.25) is 0 Å². The van der Waals surface area contributed by atoms with Gasteiger partial charge in [0.2, 0.25) is 0 Å². The molecule has 0 aliphatic heterocycles. The molecule has 0 radical (unpaired) electrons. The van der Waals surface area contributed by atoms with E-state index in [9.17, 15) is 4.79 Å². The van der Waals surface area contributed by atoms with Crippen LogP contribution >= 0.6 is 0 Å². The highest BCUT2D eigenvalue weighted by Crippen LogP contribution is 2.34. The molecule has 2 aromatic carbocycles. The van der Waals surface area contributed by atoms with Crippen molar-refractivity contribution in [3.05, 3.63) is 78.0 Å². The molecule has 4 rings (SSSR count). The van der Waals surface area contributed by atoms with Crippen molar-refractivity contribution in [2.24, 2.45) is 0 Å². The van der Waals surface area contributed by atoms with E-state index in [1.165, 1.54) is 37.7 Å². The van der Waals surface area contributed by atoms with Gasteiger partial charge in [0.05, 0.1) is 11.4 Å². The van der Waals surface area contributed by atoms with E-state index in [1.54, 1.807) is 10.8 Å². The third-order valence-corrected chi connectivity index (χ3v) is 5.43. The van der Waals surface area contributed by atoms with E-state index >= 15 is 0 Å². The number of para-hydroxylation sites is 1. The topological polar surface area (TPSA) is 55.1 Å². The molecule has 0 unspecified atom stereocenters. The molecule has 1 aliphatic rings. The third kappa shape index (κ3) is 4.06. The molecule has 1 aliphatic carbocycles. The summed E-state index contributed by atoms with van der Waals surface area (Å²) in [6, 6.07) is 18.5. The average Bonchev–Trinajstić information content (AvgIpc) is 3.18. The van der Waals surface area contributed by atoms with Crippen molar-refractivity contribution in [2.75, 3.05) is 0 Å². The number of hydrogen-bond acceptors (Lipinski definition) is 2. The van der Waals surface area contributed by atoms with E-state index in [0.29, 0.717) is 5.92 Å². The number of aliphatic carboxylic acids is 1. The Kier molecular flexibility index (Phi) is 5.38. The molecule has 0 atom stereocenters. The molecule has 4 nitrogen and oxygen atoms in total. The first-order valence-corrected chi connectivity index (χ1v) is 9.87. The van der Waals surface area contributed by atoms with Crippen molar-refractivity contribution < 1.29 is 9.90 Å². The third-order valence-electron chi connectivity index (χ3n) is 5.43. The average molecular weight is 372 g/mol. The summed E-state index contributed by atoms with van der Waals surface area (Å²) < 4.78 is 1.80. The number of rotatable bonds is 5. The molecule has 1 heterocycles. The zero-order chi connectivity index (χ0) is 19.3. The van der Waals surface area contributed by atoms with Gasteiger partial charge in [-0.1, -0.05) is 61.7 Å². The molecule has 0 amide bonds. The second kappa shape index (κ2) is 8.26. The maximum Gasteiger partial charge on any atom is 0.328 e. The lowest BCUT2D eigenvalue weighted by atomic mass is 9.84. The Morgan fingerprint density at radius 2 is 1.71 bits per heavy atom. The van der Waals surface area contributed by atoms with Crippen LogP contribution in [0, 0.1) is 0 Å². The molecule has 1 saturated carbocycles. The van der Waals surface area contributed by atoms with E-state index in [1.807, 2.05) is 36.5 Å². The number of nitrogens with zero attached hydrogens (tertiary/aromatic N) is 2. The van der Waals surface area contributed by atoms with Crippen LogP contribution in [0.3, 0.4) is 0 Å². The van der Waals surface area contributed by atoms with Crippen LogP contribution in [0.25, 0.3) is 23.0 Å². The van der Waals surface area contributed by atoms with E-state index in [-0.39, 0.29) is 0 Å². The minimum Gasteiger partial charge on any atom is -0.478 e. The van der Waals surface area contributed by atoms with Gasteiger partial charge in [0.25, 0.3) is 0 Å². The van der Waals surface area contributed by atoms with Crippen molar-refractivity contribution in [1.29, 1.82) is 0 Å². The fourth-order valence-corrected chi connectivity index (χ4v) is 3.96. The SMILES string of the molecule is O=C(O)C=Cc1cn(-c2ccccc2)nc1-c1ccc(C2CCCCC2)cc1. The fraction of sp³-hybridized carbons (Fsp3) is 0.250. The van der Waals surface area contributed by atoms with Crippen LogP contribution in [0.1, 0.15) is 49.1 Å². The fourth-order valence-electron chi connectivity index (χ4n) is 3.96. The summed E-state index contributed by atoms with van der Waals surface area (Å²) in [5.74, 6) is -0.304. The maximum absolute atomic E-state index is 11.0. The van der Waals surface area contributed by atoms with E-state index in [4.69, 9.17) is 10.2 Å². The van der Waals surface area contributed by atoms with Gasteiger partial charge in [0.15, 0.2) is 0 Å². The quantitative estimate of drug-likeness (QED) is 0.586. The summed E-state index contributed by atoms with van der Waals surface area (Å²) >= 11 is 0. The van der Waals surface area contributed by atoms with Crippen LogP contribution in [0.15, 0.2) is 66.9 Å². The Bertz CT molecular complexity index is 966. The molecule has 28 heavy (non-hydrogen) atoms. The summed E-state index contributed by atoms with van der Waals surface area (Å²) in [5.41, 5.74) is 4.92. The zero-order valence-electron chi connectivity index (χ0n) is 15.8. The first-order chi connectivity index (χ1) is 13.7. The molecule has 4 heteroatoms. The summed E-state index contributed by atoms with van der Waals surface area (Å²) in [6.07, 6.45) is 11.2. The predicted octanol–water partition coefficient (Wildman–Crippen LogP) is 5.68. The Hall–Kier alpha value is -3.14. The van der Waals surface area contributed by atoms with Crippen LogP contribution in [0.4, 0.5) is 0 Å². The minimum atomic E-state index is -0.967. The number of hydrogen-bond donors (Lipinski definition) is 1. The second-order valence-electron chi connectivity index (χ2n) is 7.34. The summed E-state index contributed by atoms with van der Waals surface area (Å²) in [4.78, 5) is 11.0. The zero-order valence-corrected chi connectivity index (χ0v) is 15.8. The molecule has 0 spiro atoms. The highest BCUT2D eigenvalue weighted by atomic mass is 16.4. The highest BCUT2D eigenvalue weighted by Gasteiger charge is 2.16. The second-order valence-corrected chi connectivity index (χ2v) is 7.34. The number of carboxylic acid groups (broad SMARTS) is 1. The van der Waals surface area contributed by atoms with Crippen molar-refractivity contribution >= 4 is 12.0 Å². The number of carbonyl (C=O) groups is 1.